The molecule has 0 saturated carbocycles. The van der Waals surface area contributed by atoms with E-state index in [9.17, 15) is 4.79 Å². The van der Waals surface area contributed by atoms with Gasteiger partial charge >= 0.3 is 0 Å². The Kier molecular flexibility index (Phi) is 4.46. The number of allylic oxidation sites excluding steroid dienone is 2. The molecule has 2 heterocycles. The number of nitrogens with one attached hydrogen (secondary N) is 1. The van der Waals surface area contributed by atoms with Crippen LogP contribution in [0.2, 0.25) is 0 Å². The summed E-state index contributed by atoms with van der Waals surface area (Å²) in [5.74, 6) is 1.63. The zero-order valence-corrected chi connectivity index (χ0v) is 17.4. The fraction of sp³-hybridized carbons (Fsp3) is 0.280. The van der Waals surface area contributed by atoms with E-state index in [1.165, 1.54) is 0 Å². The first-order chi connectivity index (χ1) is 14.6. The summed E-state index contributed by atoms with van der Waals surface area (Å²) in [5, 5.41) is 7.59. The lowest BCUT2D eigenvalue weighted by Gasteiger charge is -2.35. The molecule has 0 bridgehead atoms. The number of carbonyl (C=O) groups excluding carboxylic acids is 1. The number of Topliss-reactive ketones (excluding diaryl/α,β-unsaturated/α-hetero) is 1. The minimum atomic E-state index is -0.145. The van der Waals surface area contributed by atoms with Gasteiger partial charge in [-0.05, 0) is 55.0 Å². The molecule has 2 atom stereocenters. The number of aromatic nitrogens is 1. The number of nitrogens with zero attached hydrogens (tertiary/aromatic N) is 1. The van der Waals surface area contributed by atoms with Crippen molar-refractivity contribution >= 4 is 11.7 Å². The van der Waals surface area contributed by atoms with Crippen LogP contribution in [0.1, 0.15) is 52.6 Å². The lowest BCUT2D eigenvalue weighted by molar-refractivity contribution is -0.116. The van der Waals surface area contributed by atoms with E-state index in [2.05, 4.69) is 29.5 Å². The average Bonchev–Trinajstić information content (AvgIpc) is 3.13. The van der Waals surface area contributed by atoms with Crippen molar-refractivity contribution < 1.29 is 14.1 Å². The molecule has 5 nitrogen and oxygen atoms in total. The van der Waals surface area contributed by atoms with Crippen molar-refractivity contribution in [2.45, 2.75) is 38.5 Å². The van der Waals surface area contributed by atoms with Crippen LogP contribution in [0.3, 0.4) is 0 Å². The van der Waals surface area contributed by atoms with E-state index in [4.69, 9.17) is 9.26 Å². The summed E-state index contributed by atoms with van der Waals surface area (Å²) in [4.78, 5) is 13.5. The number of methoxy groups -OCH3 is 1. The number of hydrogen-bond donors (Lipinski definition) is 1. The van der Waals surface area contributed by atoms with Gasteiger partial charge in [-0.1, -0.05) is 41.6 Å². The summed E-state index contributed by atoms with van der Waals surface area (Å²) in [6, 6.07) is 16.3. The number of ether oxygens (including phenoxy) is 1. The van der Waals surface area contributed by atoms with Gasteiger partial charge in [-0.3, -0.25) is 4.79 Å². The predicted molar refractivity (Wildman–Crippen MR) is 115 cm³/mol. The van der Waals surface area contributed by atoms with Gasteiger partial charge in [-0.25, -0.2) is 0 Å². The Balaban J connectivity index is 1.60. The van der Waals surface area contributed by atoms with Gasteiger partial charge < -0.3 is 14.6 Å². The number of hydrogen-bond acceptors (Lipinski definition) is 5. The summed E-state index contributed by atoms with van der Waals surface area (Å²) >= 11 is 0. The van der Waals surface area contributed by atoms with Gasteiger partial charge in [0, 0.05) is 23.6 Å². The van der Waals surface area contributed by atoms with E-state index in [1.54, 1.807) is 7.11 Å². The topological polar surface area (TPSA) is 64.4 Å². The standard InChI is InChI=1S/C25H24N2O3/c1-14-6-4-5-7-19(14)23-22-15(2)27-30-25(22)26-20-12-17(13-21(28)24(20)23)16-8-10-18(29-3)11-9-16/h4-11,17,23,26H,12-13H2,1-3H3/t17-,23-/m0/s1. The summed E-state index contributed by atoms with van der Waals surface area (Å²) in [6.45, 7) is 4.03. The minimum absolute atomic E-state index is 0.123. The van der Waals surface area contributed by atoms with Crippen LogP contribution in [0.4, 0.5) is 5.88 Å². The minimum Gasteiger partial charge on any atom is -0.497 e. The number of carbonyl (C=O) groups is 1. The fourth-order valence-electron chi connectivity index (χ4n) is 4.81. The summed E-state index contributed by atoms with van der Waals surface area (Å²) in [5.41, 5.74) is 7.03. The summed E-state index contributed by atoms with van der Waals surface area (Å²) in [6.07, 6.45) is 1.25. The third kappa shape index (κ3) is 2.93. The van der Waals surface area contributed by atoms with E-state index in [-0.39, 0.29) is 17.6 Å². The SMILES string of the molecule is COc1ccc([C@@H]2CC(=O)C3=C(C2)Nc2onc(C)c2[C@@H]3c2ccccc2C)cc1. The number of fused-ring (bicyclic) bond motifs is 1. The van der Waals surface area contributed by atoms with Crippen molar-refractivity contribution in [3.63, 3.8) is 0 Å². The second kappa shape index (κ2) is 7.17. The normalized spacial score (nSPS) is 20.4. The molecule has 0 saturated heterocycles. The Morgan fingerprint density at radius 1 is 1.07 bits per heavy atom. The molecule has 2 aromatic carbocycles. The van der Waals surface area contributed by atoms with E-state index in [0.29, 0.717) is 12.3 Å². The van der Waals surface area contributed by atoms with Crippen LogP contribution in [0.5, 0.6) is 5.75 Å². The monoisotopic (exact) mass is 400 g/mol. The molecular formula is C25H24N2O3. The number of aryl methyl sites for hydroxylation is 2. The molecule has 3 aromatic rings. The van der Waals surface area contributed by atoms with Crippen LogP contribution >= 0.6 is 0 Å². The molecule has 5 rings (SSSR count). The quantitative estimate of drug-likeness (QED) is 0.650. The third-order valence-corrected chi connectivity index (χ3v) is 6.34. The van der Waals surface area contributed by atoms with Crippen LogP contribution in [-0.4, -0.2) is 18.0 Å². The van der Waals surface area contributed by atoms with Gasteiger partial charge in [-0.15, -0.1) is 0 Å². The molecule has 152 valence electrons. The first kappa shape index (κ1) is 18.7. The molecule has 1 N–H and O–H groups in total. The zero-order chi connectivity index (χ0) is 20.8. The van der Waals surface area contributed by atoms with Crippen molar-refractivity contribution in [2.75, 3.05) is 12.4 Å². The number of rotatable bonds is 3. The molecule has 5 heteroatoms. The molecule has 1 aliphatic heterocycles. The molecular weight excluding hydrogens is 376 g/mol. The smallest absolute Gasteiger partial charge is 0.233 e. The molecule has 0 fully saturated rings. The molecule has 1 aromatic heterocycles. The largest absolute Gasteiger partial charge is 0.497 e. The number of anilines is 1. The lowest BCUT2D eigenvalue weighted by Crippen LogP contribution is -2.29. The van der Waals surface area contributed by atoms with Crippen LogP contribution in [0.15, 0.2) is 64.3 Å². The maximum absolute atomic E-state index is 13.5. The molecule has 0 unspecified atom stereocenters. The van der Waals surface area contributed by atoms with E-state index >= 15 is 0 Å². The Hall–Kier alpha value is -3.34. The van der Waals surface area contributed by atoms with Gasteiger partial charge in [-0.2, -0.15) is 0 Å². The Morgan fingerprint density at radius 2 is 1.83 bits per heavy atom. The third-order valence-electron chi connectivity index (χ3n) is 6.34. The molecule has 2 aliphatic rings. The van der Waals surface area contributed by atoms with Crippen molar-refractivity contribution in [1.82, 2.24) is 5.16 Å². The first-order valence-electron chi connectivity index (χ1n) is 10.3. The van der Waals surface area contributed by atoms with Crippen LogP contribution in [0.25, 0.3) is 0 Å². The van der Waals surface area contributed by atoms with Crippen molar-refractivity contribution in [1.29, 1.82) is 0 Å². The molecule has 30 heavy (non-hydrogen) atoms. The summed E-state index contributed by atoms with van der Waals surface area (Å²) in [7, 11) is 1.66. The Labute approximate surface area is 175 Å². The predicted octanol–water partition coefficient (Wildman–Crippen LogP) is 5.26. The Morgan fingerprint density at radius 3 is 2.57 bits per heavy atom. The number of benzene rings is 2. The molecule has 0 spiro atoms. The first-order valence-corrected chi connectivity index (χ1v) is 10.3. The van der Waals surface area contributed by atoms with E-state index in [0.717, 1.165) is 51.4 Å². The van der Waals surface area contributed by atoms with Crippen LogP contribution in [-0.2, 0) is 4.79 Å². The highest BCUT2D eigenvalue weighted by Gasteiger charge is 2.41. The second-order valence-electron chi connectivity index (χ2n) is 8.12. The van der Waals surface area contributed by atoms with Gasteiger partial charge in [0.15, 0.2) is 5.78 Å². The van der Waals surface area contributed by atoms with Gasteiger partial charge in [0.2, 0.25) is 5.88 Å². The average molecular weight is 400 g/mol. The van der Waals surface area contributed by atoms with Gasteiger partial charge in [0.25, 0.3) is 0 Å². The lowest BCUT2D eigenvalue weighted by atomic mass is 9.72. The molecule has 0 radical (unpaired) electrons. The van der Waals surface area contributed by atoms with E-state index < -0.39 is 0 Å². The van der Waals surface area contributed by atoms with Crippen molar-refractivity contribution in [3.8, 4) is 5.75 Å². The summed E-state index contributed by atoms with van der Waals surface area (Å²) < 4.78 is 10.9. The van der Waals surface area contributed by atoms with Gasteiger partial charge in [0.1, 0.15) is 5.75 Å². The van der Waals surface area contributed by atoms with Crippen molar-refractivity contribution in [3.05, 3.63) is 87.7 Å². The Bertz CT molecular complexity index is 1160. The van der Waals surface area contributed by atoms with E-state index in [1.807, 2.05) is 43.3 Å². The number of ketones is 1. The van der Waals surface area contributed by atoms with Crippen LogP contribution in [0, 0.1) is 13.8 Å². The van der Waals surface area contributed by atoms with Crippen LogP contribution < -0.4 is 10.1 Å². The zero-order valence-electron chi connectivity index (χ0n) is 17.4. The highest BCUT2D eigenvalue weighted by Crippen LogP contribution is 2.49. The fourth-order valence-corrected chi connectivity index (χ4v) is 4.81. The second-order valence-corrected chi connectivity index (χ2v) is 8.12. The highest BCUT2D eigenvalue weighted by atomic mass is 16.5. The highest BCUT2D eigenvalue weighted by molar-refractivity contribution is 6.01. The molecule has 1 aliphatic carbocycles. The van der Waals surface area contributed by atoms with Crippen molar-refractivity contribution in [2.24, 2.45) is 0 Å². The van der Waals surface area contributed by atoms with Gasteiger partial charge in [0.05, 0.1) is 18.4 Å². The molecule has 0 amide bonds. The maximum Gasteiger partial charge on any atom is 0.233 e. The maximum atomic E-state index is 13.5.